The summed E-state index contributed by atoms with van der Waals surface area (Å²) in [5.74, 6) is 0.478. The molecule has 3 rings (SSSR count). The summed E-state index contributed by atoms with van der Waals surface area (Å²) >= 11 is 0. The summed E-state index contributed by atoms with van der Waals surface area (Å²) in [7, 11) is 0. The summed E-state index contributed by atoms with van der Waals surface area (Å²) in [4.78, 5) is 5.15. The monoisotopic (exact) mass is 274 g/mol. The van der Waals surface area contributed by atoms with Crippen LogP contribution in [0.3, 0.4) is 0 Å². The fourth-order valence-corrected chi connectivity index (χ4v) is 3.64. The Morgan fingerprint density at radius 2 is 1.80 bits per heavy atom. The second kappa shape index (κ2) is 6.15. The molecular weight excluding hydrogens is 248 g/mol. The number of nitrogens with zero attached hydrogens (tertiary/aromatic N) is 2. The van der Waals surface area contributed by atoms with Crippen molar-refractivity contribution in [3.8, 4) is 5.75 Å². The first-order valence-electron chi connectivity index (χ1n) is 7.98. The van der Waals surface area contributed by atoms with E-state index in [0.717, 1.165) is 36.8 Å². The molecule has 0 bridgehead atoms. The molecule has 0 radical (unpaired) electrons. The van der Waals surface area contributed by atoms with Crippen molar-refractivity contribution in [2.24, 2.45) is 0 Å². The average Bonchev–Trinajstić information content (AvgIpc) is 2.99. The maximum absolute atomic E-state index is 10.1. The molecule has 0 aromatic heterocycles. The highest BCUT2D eigenvalue weighted by Gasteiger charge is 2.26. The molecule has 0 atom stereocenters. The number of phenols is 1. The van der Waals surface area contributed by atoms with Gasteiger partial charge in [0.1, 0.15) is 5.75 Å². The molecular formula is C17H26N2O. The lowest BCUT2D eigenvalue weighted by Gasteiger charge is -2.38. The van der Waals surface area contributed by atoms with Crippen LogP contribution >= 0.6 is 0 Å². The van der Waals surface area contributed by atoms with Crippen LogP contribution in [-0.4, -0.2) is 47.1 Å². The Balaban J connectivity index is 1.54. The van der Waals surface area contributed by atoms with Crippen LogP contribution in [0.25, 0.3) is 0 Å². The molecule has 0 unspecified atom stereocenters. The third kappa shape index (κ3) is 2.99. The Morgan fingerprint density at radius 1 is 1.10 bits per heavy atom. The summed E-state index contributed by atoms with van der Waals surface area (Å²) < 4.78 is 0. The quantitative estimate of drug-likeness (QED) is 0.918. The maximum Gasteiger partial charge on any atom is 0.122 e. The van der Waals surface area contributed by atoms with Crippen molar-refractivity contribution in [2.45, 2.75) is 45.2 Å². The van der Waals surface area contributed by atoms with Gasteiger partial charge in [0, 0.05) is 44.3 Å². The average molecular weight is 274 g/mol. The second-order valence-corrected chi connectivity index (χ2v) is 6.33. The molecule has 1 aliphatic heterocycles. The molecule has 2 fully saturated rings. The van der Waals surface area contributed by atoms with Crippen molar-refractivity contribution in [3.05, 3.63) is 29.3 Å². The Morgan fingerprint density at radius 3 is 2.50 bits per heavy atom. The van der Waals surface area contributed by atoms with E-state index in [9.17, 15) is 5.11 Å². The molecule has 1 aromatic carbocycles. The Bertz CT molecular complexity index is 446. The number of phenolic OH excluding ortho intramolecular Hbond substituents is 1. The minimum atomic E-state index is 0.478. The van der Waals surface area contributed by atoms with Gasteiger partial charge in [-0.1, -0.05) is 31.0 Å². The van der Waals surface area contributed by atoms with Crippen LogP contribution in [0.15, 0.2) is 18.2 Å². The van der Waals surface area contributed by atoms with Gasteiger partial charge in [0.2, 0.25) is 0 Å². The van der Waals surface area contributed by atoms with Crippen LogP contribution in [0.4, 0.5) is 0 Å². The largest absolute Gasteiger partial charge is 0.507 e. The van der Waals surface area contributed by atoms with Gasteiger partial charge in [0.25, 0.3) is 0 Å². The van der Waals surface area contributed by atoms with Crippen LogP contribution in [0, 0.1) is 6.92 Å². The molecule has 1 saturated heterocycles. The van der Waals surface area contributed by atoms with Gasteiger partial charge in [-0.05, 0) is 25.3 Å². The van der Waals surface area contributed by atoms with E-state index in [4.69, 9.17) is 0 Å². The van der Waals surface area contributed by atoms with Gasteiger partial charge in [-0.3, -0.25) is 9.80 Å². The molecule has 2 aliphatic rings. The predicted molar refractivity (Wildman–Crippen MR) is 81.9 cm³/mol. The highest BCUT2D eigenvalue weighted by Crippen LogP contribution is 2.26. The summed E-state index contributed by atoms with van der Waals surface area (Å²) in [6.07, 6.45) is 5.64. The van der Waals surface area contributed by atoms with E-state index in [1.165, 1.54) is 38.8 Å². The minimum absolute atomic E-state index is 0.478. The third-order valence-electron chi connectivity index (χ3n) is 4.96. The second-order valence-electron chi connectivity index (χ2n) is 6.33. The number of para-hydroxylation sites is 1. The van der Waals surface area contributed by atoms with E-state index in [0.29, 0.717) is 5.75 Å². The molecule has 1 aliphatic carbocycles. The summed E-state index contributed by atoms with van der Waals surface area (Å²) in [6.45, 7) is 7.49. The van der Waals surface area contributed by atoms with E-state index in [2.05, 4.69) is 9.80 Å². The zero-order chi connectivity index (χ0) is 13.9. The van der Waals surface area contributed by atoms with Crippen molar-refractivity contribution < 1.29 is 5.11 Å². The van der Waals surface area contributed by atoms with E-state index in [1.807, 2.05) is 25.1 Å². The SMILES string of the molecule is Cc1cccc(CN2CCN(C3CCCC3)CC2)c1O. The van der Waals surface area contributed by atoms with E-state index < -0.39 is 0 Å². The van der Waals surface area contributed by atoms with Gasteiger partial charge in [-0.15, -0.1) is 0 Å². The number of aromatic hydroxyl groups is 1. The van der Waals surface area contributed by atoms with Crippen molar-refractivity contribution in [1.82, 2.24) is 9.80 Å². The molecule has 0 amide bonds. The summed E-state index contributed by atoms with van der Waals surface area (Å²) in [5, 5.41) is 10.1. The van der Waals surface area contributed by atoms with Crippen molar-refractivity contribution in [1.29, 1.82) is 0 Å². The fraction of sp³-hybridized carbons (Fsp3) is 0.647. The smallest absolute Gasteiger partial charge is 0.122 e. The maximum atomic E-state index is 10.1. The van der Waals surface area contributed by atoms with Crippen LogP contribution in [0.2, 0.25) is 0 Å². The molecule has 1 N–H and O–H groups in total. The lowest BCUT2D eigenvalue weighted by molar-refractivity contribution is 0.0932. The summed E-state index contributed by atoms with van der Waals surface area (Å²) in [6, 6.07) is 6.91. The first-order chi connectivity index (χ1) is 9.74. The van der Waals surface area contributed by atoms with Gasteiger partial charge in [-0.25, -0.2) is 0 Å². The zero-order valence-electron chi connectivity index (χ0n) is 12.5. The van der Waals surface area contributed by atoms with Gasteiger partial charge in [-0.2, -0.15) is 0 Å². The molecule has 3 nitrogen and oxygen atoms in total. The number of hydrogen-bond donors (Lipinski definition) is 1. The number of hydrogen-bond acceptors (Lipinski definition) is 3. The van der Waals surface area contributed by atoms with E-state index >= 15 is 0 Å². The van der Waals surface area contributed by atoms with E-state index in [-0.39, 0.29) is 0 Å². The topological polar surface area (TPSA) is 26.7 Å². The van der Waals surface area contributed by atoms with Crippen molar-refractivity contribution >= 4 is 0 Å². The molecule has 0 spiro atoms. The third-order valence-corrected chi connectivity index (χ3v) is 4.96. The number of piperazine rings is 1. The zero-order valence-corrected chi connectivity index (χ0v) is 12.5. The molecule has 1 saturated carbocycles. The van der Waals surface area contributed by atoms with Gasteiger partial charge in [0.05, 0.1) is 0 Å². The Hall–Kier alpha value is -1.06. The highest BCUT2D eigenvalue weighted by molar-refractivity contribution is 5.39. The number of aryl methyl sites for hydroxylation is 1. The first-order valence-corrected chi connectivity index (χ1v) is 7.98. The lowest BCUT2D eigenvalue weighted by Crippen LogP contribution is -2.49. The van der Waals surface area contributed by atoms with Crippen LogP contribution in [0.5, 0.6) is 5.75 Å². The molecule has 110 valence electrons. The van der Waals surface area contributed by atoms with E-state index in [1.54, 1.807) is 0 Å². The fourth-order valence-electron chi connectivity index (χ4n) is 3.64. The molecule has 20 heavy (non-hydrogen) atoms. The predicted octanol–water partition coefficient (Wildman–Crippen LogP) is 2.76. The number of rotatable bonds is 3. The lowest BCUT2D eigenvalue weighted by atomic mass is 10.1. The standard InChI is InChI=1S/C17H26N2O/c1-14-5-4-6-15(17(14)20)13-18-9-11-19(12-10-18)16-7-2-3-8-16/h4-6,16,20H,2-3,7-13H2,1H3. The number of benzene rings is 1. The Kier molecular flexibility index (Phi) is 4.27. The first kappa shape index (κ1) is 13.9. The van der Waals surface area contributed by atoms with Crippen LogP contribution in [-0.2, 0) is 6.54 Å². The highest BCUT2D eigenvalue weighted by atomic mass is 16.3. The van der Waals surface area contributed by atoms with Crippen molar-refractivity contribution in [3.63, 3.8) is 0 Å². The summed E-state index contributed by atoms with van der Waals surface area (Å²) in [5.41, 5.74) is 2.05. The van der Waals surface area contributed by atoms with Gasteiger partial charge in [0.15, 0.2) is 0 Å². The molecule has 1 aromatic rings. The Labute approximate surface area is 122 Å². The minimum Gasteiger partial charge on any atom is -0.507 e. The molecule has 3 heteroatoms. The molecule has 1 heterocycles. The van der Waals surface area contributed by atoms with Crippen LogP contribution < -0.4 is 0 Å². The van der Waals surface area contributed by atoms with Crippen molar-refractivity contribution in [2.75, 3.05) is 26.2 Å². The van der Waals surface area contributed by atoms with Crippen LogP contribution in [0.1, 0.15) is 36.8 Å². The van der Waals surface area contributed by atoms with Gasteiger partial charge < -0.3 is 5.11 Å². The van der Waals surface area contributed by atoms with Gasteiger partial charge >= 0.3 is 0 Å². The normalized spacial score (nSPS) is 22.4.